The Hall–Kier alpha value is -1.82. The quantitative estimate of drug-likeness (QED) is 0.335. The van der Waals surface area contributed by atoms with Gasteiger partial charge >= 0.3 is 0 Å². The predicted molar refractivity (Wildman–Crippen MR) is 97.2 cm³/mol. The van der Waals surface area contributed by atoms with Crippen LogP contribution < -0.4 is 21.1 Å². The first-order valence-electron chi connectivity index (χ1n) is 8.22. The molecule has 1 aromatic rings. The molecule has 0 amide bonds. The van der Waals surface area contributed by atoms with Gasteiger partial charge in [0.05, 0.1) is 18.2 Å². The highest BCUT2D eigenvalue weighted by Crippen LogP contribution is 2.23. The maximum atomic E-state index is 12.5. The van der Waals surface area contributed by atoms with Crippen molar-refractivity contribution < 1.29 is 8.42 Å². The smallest absolute Gasteiger partial charge is 0.242 e. The Morgan fingerprint density at radius 2 is 1.92 bits per heavy atom. The van der Waals surface area contributed by atoms with Crippen LogP contribution in [0.3, 0.4) is 0 Å². The summed E-state index contributed by atoms with van der Waals surface area (Å²) in [5.74, 6) is 0. The molecule has 0 spiro atoms. The number of sulfonamides is 1. The van der Waals surface area contributed by atoms with E-state index in [-0.39, 0.29) is 4.90 Å². The van der Waals surface area contributed by atoms with E-state index in [0.29, 0.717) is 37.3 Å². The monoisotopic (exact) mass is 353 g/mol. The first-order valence-corrected chi connectivity index (χ1v) is 9.70. The Kier molecular flexibility index (Phi) is 9.15. The van der Waals surface area contributed by atoms with Gasteiger partial charge in [-0.1, -0.05) is 13.3 Å². The third-order valence-electron chi connectivity index (χ3n) is 3.38. The minimum Gasteiger partial charge on any atom is -0.399 e. The number of nitrogens with one attached hydrogen (secondary N) is 3. The summed E-state index contributed by atoms with van der Waals surface area (Å²) in [6.07, 6.45) is 3.26. The van der Waals surface area contributed by atoms with Gasteiger partial charge in [0.2, 0.25) is 10.0 Å². The highest BCUT2D eigenvalue weighted by molar-refractivity contribution is 7.89. The number of unbranched alkanes of at least 4 members (excludes halogenated alkanes) is 1. The molecule has 5 N–H and O–H groups in total. The van der Waals surface area contributed by atoms with Gasteiger partial charge in [0.1, 0.15) is 4.90 Å². The van der Waals surface area contributed by atoms with Crippen molar-refractivity contribution in [1.29, 1.82) is 5.26 Å². The van der Waals surface area contributed by atoms with Crippen molar-refractivity contribution in [2.45, 2.75) is 37.5 Å². The summed E-state index contributed by atoms with van der Waals surface area (Å²) < 4.78 is 27.6. The van der Waals surface area contributed by atoms with Gasteiger partial charge in [0, 0.05) is 18.8 Å². The molecule has 0 aliphatic heterocycles. The van der Waals surface area contributed by atoms with Gasteiger partial charge in [-0.25, -0.2) is 13.1 Å². The van der Waals surface area contributed by atoms with E-state index in [0.717, 1.165) is 25.9 Å². The van der Waals surface area contributed by atoms with Crippen LogP contribution in [-0.2, 0) is 10.0 Å². The third-order valence-corrected chi connectivity index (χ3v) is 4.88. The van der Waals surface area contributed by atoms with Crippen molar-refractivity contribution >= 4 is 21.4 Å². The third kappa shape index (κ3) is 7.17. The summed E-state index contributed by atoms with van der Waals surface area (Å²) in [5.41, 5.74) is 6.55. The zero-order chi connectivity index (χ0) is 17.8. The van der Waals surface area contributed by atoms with E-state index in [1.54, 1.807) is 12.1 Å². The van der Waals surface area contributed by atoms with E-state index in [9.17, 15) is 8.42 Å². The first kappa shape index (κ1) is 20.2. The molecule has 0 heterocycles. The predicted octanol–water partition coefficient (Wildman–Crippen LogP) is 1.65. The molecule has 8 heteroatoms. The second-order valence-electron chi connectivity index (χ2n) is 5.45. The molecule has 1 aromatic carbocycles. The zero-order valence-corrected chi connectivity index (χ0v) is 15.0. The van der Waals surface area contributed by atoms with Gasteiger partial charge in [-0.3, -0.25) is 0 Å². The van der Waals surface area contributed by atoms with Crippen molar-refractivity contribution in [3.05, 3.63) is 18.2 Å². The molecule has 0 atom stereocenters. The minimum absolute atomic E-state index is 0.111. The SMILES string of the molecule is CCCCNCCCNS(=O)(=O)c1cc(N)ccc1NCCC#N. The molecule has 0 bridgehead atoms. The maximum Gasteiger partial charge on any atom is 0.242 e. The summed E-state index contributed by atoms with van der Waals surface area (Å²) >= 11 is 0. The number of hydrogen-bond donors (Lipinski definition) is 4. The van der Waals surface area contributed by atoms with E-state index in [4.69, 9.17) is 11.0 Å². The Morgan fingerprint density at radius 3 is 2.62 bits per heavy atom. The lowest BCUT2D eigenvalue weighted by Gasteiger charge is -2.13. The molecule has 0 aliphatic rings. The van der Waals surface area contributed by atoms with E-state index in [1.807, 2.05) is 6.07 Å². The Labute approximate surface area is 144 Å². The molecule has 0 fully saturated rings. The fourth-order valence-electron chi connectivity index (χ4n) is 2.08. The Morgan fingerprint density at radius 1 is 1.17 bits per heavy atom. The van der Waals surface area contributed by atoms with Gasteiger partial charge in [-0.05, 0) is 44.1 Å². The molecule has 0 radical (unpaired) electrons. The van der Waals surface area contributed by atoms with E-state index >= 15 is 0 Å². The summed E-state index contributed by atoms with van der Waals surface area (Å²) in [5, 5.41) is 14.8. The fraction of sp³-hybridized carbons (Fsp3) is 0.562. The maximum absolute atomic E-state index is 12.5. The molecule has 0 aromatic heterocycles. The van der Waals surface area contributed by atoms with Crippen LogP contribution in [0.25, 0.3) is 0 Å². The van der Waals surface area contributed by atoms with Crippen LogP contribution in [0, 0.1) is 11.3 Å². The number of benzene rings is 1. The summed E-state index contributed by atoms with van der Waals surface area (Å²) in [4.78, 5) is 0.111. The highest BCUT2D eigenvalue weighted by Gasteiger charge is 2.18. The molecule has 7 nitrogen and oxygen atoms in total. The van der Waals surface area contributed by atoms with Crippen molar-refractivity contribution in [3.63, 3.8) is 0 Å². The van der Waals surface area contributed by atoms with Crippen LogP contribution >= 0.6 is 0 Å². The molecule has 24 heavy (non-hydrogen) atoms. The van der Waals surface area contributed by atoms with Gasteiger partial charge in [0.25, 0.3) is 0 Å². The summed E-state index contributed by atoms with van der Waals surface area (Å²) in [7, 11) is -3.65. The van der Waals surface area contributed by atoms with E-state index in [2.05, 4.69) is 22.3 Å². The highest BCUT2D eigenvalue weighted by atomic mass is 32.2. The van der Waals surface area contributed by atoms with Gasteiger partial charge in [-0.2, -0.15) is 5.26 Å². The minimum atomic E-state index is -3.65. The topological polar surface area (TPSA) is 120 Å². The van der Waals surface area contributed by atoms with Crippen LogP contribution in [0.2, 0.25) is 0 Å². The normalized spacial score (nSPS) is 11.2. The largest absolute Gasteiger partial charge is 0.399 e. The molecule has 134 valence electrons. The van der Waals surface area contributed by atoms with Crippen molar-refractivity contribution in [1.82, 2.24) is 10.0 Å². The summed E-state index contributed by atoms with van der Waals surface area (Å²) in [6.45, 7) is 4.58. The van der Waals surface area contributed by atoms with Crippen LogP contribution in [0.1, 0.15) is 32.6 Å². The second-order valence-corrected chi connectivity index (χ2v) is 7.18. The number of rotatable bonds is 12. The molecule has 0 saturated heterocycles. The number of hydrogen-bond acceptors (Lipinski definition) is 6. The average molecular weight is 353 g/mol. The lowest BCUT2D eigenvalue weighted by molar-refractivity contribution is 0.571. The van der Waals surface area contributed by atoms with Gasteiger partial charge in [0.15, 0.2) is 0 Å². The van der Waals surface area contributed by atoms with Crippen LogP contribution in [0.15, 0.2) is 23.1 Å². The average Bonchev–Trinajstić information content (AvgIpc) is 2.55. The van der Waals surface area contributed by atoms with Crippen molar-refractivity contribution in [3.8, 4) is 6.07 Å². The van der Waals surface area contributed by atoms with E-state index < -0.39 is 10.0 Å². The molecular weight excluding hydrogens is 326 g/mol. The lowest BCUT2D eigenvalue weighted by Crippen LogP contribution is -2.28. The molecule has 0 aliphatic carbocycles. The Bertz CT molecular complexity index is 640. The van der Waals surface area contributed by atoms with Crippen LogP contribution in [0.5, 0.6) is 0 Å². The number of anilines is 2. The fourth-order valence-corrected chi connectivity index (χ4v) is 3.37. The number of nitriles is 1. The zero-order valence-electron chi connectivity index (χ0n) is 14.1. The summed E-state index contributed by atoms with van der Waals surface area (Å²) in [6, 6.07) is 6.69. The lowest BCUT2D eigenvalue weighted by atomic mass is 10.3. The van der Waals surface area contributed by atoms with Crippen LogP contribution in [0.4, 0.5) is 11.4 Å². The van der Waals surface area contributed by atoms with Crippen LogP contribution in [-0.4, -0.2) is 34.6 Å². The van der Waals surface area contributed by atoms with Crippen molar-refractivity contribution in [2.75, 3.05) is 37.2 Å². The number of nitrogen functional groups attached to an aromatic ring is 1. The first-order chi connectivity index (χ1) is 11.5. The second kappa shape index (κ2) is 10.9. The number of nitrogens with two attached hydrogens (primary N) is 1. The molecular formula is C16H27N5O2S. The Balaban J connectivity index is 2.61. The van der Waals surface area contributed by atoms with Gasteiger partial charge < -0.3 is 16.4 Å². The van der Waals surface area contributed by atoms with Crippen molar-refractivity contribution in [2.24, 2.45) is 0 Å². The molecule has 0 unspecified atom stereocenters. The van der Waals surface area contributed by atoms with E-state index in [1.165, 1.54) is 6.07 Å². The number of nitrogens with zero attached hydrogens (tertiary/aromatic N) is 1. The molecule has 1 rings (SSSR count). The molecule has 0 saturated carbocycles. The van der Waals surface area contributed by atoms with Gasteiger partial charge in [-0.15, -0.1) is 0 Å². The standard InChI is InChI=1S/C16H27N5O2S/c1-2-3-9-19-10-5-12-21-24(22,23)16-13-14(18)6-7-15(16)20-11-4-8-17/h6-7,13,19-21H,2-5,9-12,18H2,1H3.